The van der Waals surface area contributed by atoms with Gasteiger partial charge < -0.3 is 14.7 Å². The molecule has 3 unspecified atom stereocenters. The number of β-amino-alcohol motifs (C(OH)–C–C–N with tert-alkyl or cyclic N) is 1. The predicted molar refractivity (Wildman–Crippen MR) is 87.4 cm³/mol. The van der Waals surface area contributed by atoms with E-state index in [9.17, 15) is 9.90 Å². The smallest absolute Gasteiger partial charge is 0.410 e. The highest BCUT2D eigenvalue weighted by Crippen LogP contribution is 2.28. The van der Waals surface area contributed by atoms with Crippen LogP contribution in [0.15, 0.2) is 0 Å². The van der Waals surface area contributed by atoms with Crippen molar-refractivity contribution in [2.75, 3.05) is 13.1 Å². The SMILES string of the molecule is C#CCCCCC(S)C1CN(C(=O)OC(C)(C)C)CC1O. The molecule has 1 aliphatic heterocycles. The second-order valence-corrected chi connectivity index (χ2v) is 7.30. The summed E-state index contributed by atoms with van der Waals surface area (Å²) in [6.07, 6.45) is 7.97. The Morgan fingerprint density at radius 2 is 2.14 bits per heavy atom. The van der Waals surface area contributed by atoms with Gasteiger partial charge in [-0.1, -0.05) is 6.42 Å². The first-order chi connectivity index (χ1) is 9.74. The topological polar surface area (TPSA) is 49.8 Å². The molecule has 0 bridgehead atoms. The first-order valence-corrected chi connectivity index (χ1v) is 8.03. The van der Waals surface area contributed by atoms with Crippen LogP contribution in [0.4, 0.5) is 4.79 Å². The fourth-order valence-electron chi connectivity index (χ4n) is 2.46. The lowest BCUT2D eigenvalue weighted by Gasteiger charge is -2.24. The molecule has 0 spiro atoms. The number of amides is 1. The normalized spacial score (nSPS) is 23.7. The standard InChI is InChI=1S/C16H27NO3S/c1-5-6-7-8-9-14(21)12-10-17(11-13(12)18)15(19)20-16(2,3)4/h1,12-14,18,21H,6-11H2,2-4H3. The summed E-state index contributed by atoms with van der Waals surface area (Å²) >= 11 is 4.59. The number of likely N-dealkylation sites (tertiary alicyclic amines) is 1. The number of aliphatic hydroxyl groups excluding tert-OH is 1. The molecule has 0 aromatic heterocycles. The minimum absolute atomic E-state index is 0.00770. The van der Waals surface area contributed by atoms with Crippen LogP contribution in [-0.4, -0.2) is 46.1 Å². The van der Waals surface area contributed by atoms with Crippen molar-refractivity contribution in [3.05, 3.63) is 0 Å². The number of aliphatic hydroxyl groups is 1. The first kappa shape index (κ1) is 18.2. The zero-order valence-electron chi connectivity index (χ0n) is 13.2. The van der Waals surface area contributed by atoms with Crippen molar-refractivity contribution in [1.29, 1.82) is 0 Å². The van der Waals surface area contributed by atoms with Crippen molar-refractivity contribution < 1.29 is 14.6 Å². The minimum atomic E-state index is -0.535. The molecule has 0 aromatic rings. The first-order valence-electron chi connectivity index (χ1n) is 7.52. The van der Waals surface area contributed by atoms with Crippen molar-refractivity contribution >= 4 is 18.7 Å². The molecule has 0 radical (unpaired) electrons. The summed E-state index contributed by atoms with van der Waals surface area (Å²) < 4.78 is 5.34. The quantitative estimate of drug-likeness (QED) is 0.466. The van der Waals surface area contributed by atoms with Crippen LogP contribution >= 0.6 is 12.6 Å². The van der Waals surface area contributed by atoms with E-state index in [0.29, 0.717) is 13.1 Å². The molecule has 1 fully saturated rings. The average molecular weight is 313 g/mol. The van der Waals surface area contributed by atoms with E-state index in [1.54, 1.807) is 4.90 Å². The van der Waals surface area contributed by atoms with Gasteiger partial charge in [0.2, 0.25) is 0 Å². The van der Waals surface area contributed by atoms with Gasteiger partial charge >= 0.3 is 6.09 Å². The molecule has 0 saturated carbocycles. The van der Waals surface area contributed by atoms with Crippen molar-refractivity contribution in [3.63, 3.8) is 0 Å². The third-order valence-electron chi connectivity index (χ3n) is 3.55. The molecule has 0 aromatic carbocycles. The lowest BCUT2D eigenvalue weighted by atomic mass is 9.97. The van der Waals surface area contributed by atoms with Gasteiger partial charge in [-0.15, -0.1) is 12.3 Å². The highest BCUT2D eigenvalue weighted by atomic mass is 32.1. The lowest BCUT2D eigenvalue weighted by Crippen LogP contribution is -2.36. The van der Waals surface area contributed by atoms with Gasteiger partial charge in [0.15, 0.2) is 0 Å². The second-order valence-electron chi connectivity index (χ2n) is 6.63. The molecule has 21 heavy (non-hydrogen) atoms. The van der Waals surface area contributed by atoms with Gasteiger partial charge in [0.1, 0.15) is 5.60 Å². The van der Waals surface area contributed by atoms with Crippen LogP contribution in [-0.2, 0) is 4.74 Å². The fraction of sp³-hybridized carbons (Fsp3) is 0.812. The highest BCUT2D eigenvalue weighted by Gasteiger charge is 2.38. The number of hydrogen-bond donors (Lipinski definition) is 2. The van der Waals surface area contributed by atoms with Gasteiger partial charge in [0.25, 0.3) is 0 Å². The molecule has 1 aliphatic rings. The molecule has 0 aliphatic carbocycles. The Bertz CT molecular complexity index is 386. The van der Waals surface area contributed by atoms with Crippen LogP contribution in [0, 0.1) is 18.3 Å². The largest absolute Gasteiger partial charge is 0.444 e. The third-order valence-corrected chi connectivity index (χ3v) is 4.19. The molecule has 1 rings (SSSR count). The van der Waals surface area contributed by atoms with Gasteiger partial charge in [-0.05, 0) is 33.6 Å². The van der Waals surface area contributed by atoms with Crippen molar-refractivity contribution in [2.45, 2.75) is 63.4 Å². The van der Waals surface area contributed by atoms with Gasteiger partial charge in [-0.3, -0.25) is 0 Å². The van der Waals surface area contributed by atoms with E-state index < -0.39 is 11.7 Å². The Balaban J connectivity index is 2.45. The van der Waals surface area contributed by atoms with E-state index in [-0.39, 0.29) is 17.3 Å². The Hall–Kier alpha value is -0.860. The summed E-state index contributed by atoms with van der Waals surface area (Å²) in [5.41, 5.74) is -0.518. The van der Waals surface area contributed by atoms with Gasteiger partial charge in [0.05, 0.1) is 12.6 Å². The van der Waals surface area contributed by atoms with Crippen molar-refractivity contribution in [3.8, 4) is 12.3 Å². The summed E-state index contributed by atoms with van der Waals surface area (Å²) in [7, 11) is 0. The lowest BCUT2D eigenvalue weighted by molar-refractivity contribution is 0.0270. The number of terminal acetylenes is 1. The van der Waals surface area contributed by atoms with E-state index in [0.717, 1.165) is 25.7 Å². The Morgan fingerprint density at radius 1 is 1.48 bits per heavy atom. The third kappa shape index (κ3) is 6.19. The van der Waals surface area contributed by atoms with Crippen molar-refractivity contribution in [2.24, 2.45) is 5.92 Å². The monoisotopic (exact) mass is 313 g/mol. The van der Waals surface area contributed by atoms with E-state index in [2.05, 4.69) is 18.5 Å². The van der Waals surface area contributed by atoms with E-state index in [1.807, 2.05) is 20.8 Å². The average Bonchev–Trinajstić information content (AvgIpc) is 2.75. The number of hydrogen-bond acceptors (Lipinski definition) is 4. The molecular formula is C16H27NO3S. The summed E-state index contributed by atoms with van der Waals surface area (Å²) in [6, 6.07) is 0. The molecule has 1 amide bonds. The summed E-state index contributed by atoms with van der Waals surface area (Å²) in [5.74, 6) is 2.61. The molecule has 1 saturated heterocycles. The van der Waals surface area contributed by atoms with Crippen LogP contribution in [0.5, 0.6) is 0 Å². The number of nitrogens with zero attached hydrogens (tertiary/aromatic N) is 1. The van der Waals surface area contributed by atoms with Crippen LogP contribution in [0.2, 0.25) is 0 Å². The number of rotatable bonds is 5. The molecular weight excluding hydrogens is 286 g/mol. The summed E-state index contributed by atoms with van der Waals surface area (Å²) in [6.45, 7) is 6.33. The maximum atomic E-state index is 12.0. The van der Waals surface area contributed by atoms with E-state index >= 15 is 0 Å². The molecule has 5 heteroatoms. The highest BCUT2D eigenvalue weighted by molar-refractivity contribution is 7.81. The molecule has 120 valence electrons. The number of thiol groups is 1. The number of ether oxygens (including phenoxy) is 1. The van der Waals surface area contributed by atoms with Gasteiger partial charge in [-0.2, -0.15) is 12.6 Å². The van der Waals surface area contributed by atoms with Gasteiger partial charge in [0, 0.05) is 24.1 Å². The van der Waals surface area contributed by atoms with E-state index in [1.165, 1.54) is 0 Å². The van der Waals surface area contributed by atoms with Crippen LogP contribution in [0.1, 0.15) is 46.5 Å². The summed E-state index contributed by atoms with van der Waals surface area (Å²) in [5, 5.41) is 10.2. The molecule has 1 N–H and O–H groups in total. The fourth-order valence-corrected chi connectivity index (χ4v) is 2.94. The van der Waals surface area contributed by atoms with Crippen molar-refractivity contribution in [1.82, 2.24) is 4.90 Å². The number of carbonyl (C=O) groups excluding carboxylic acids is 1. The zero-order valence-corrected chi connectivity index (χ0v) is 14.1. The maximum Gasteiger partial charge on any atom is 0.410 e. The minimum Gasteiger partial charge on any atom is -0.444 e. The van der Waals surface area contributed by atoms with Crippen LogP contribution in [0.3, 0.4) is 0 Å². The van der Waals surface area contributed by atoms with E-state index in [4.69, 9.17) is 11.2 Å². The summed E-state index contributed by atoms with van der Waals surface area (Å²) in [4.78, 5) is 13.6. The maximum absolute atomic E-state index is 12.0. The Kier molecular flexibility index (Phi) is 6.89. The molecule has 4 nitrogen and oxygen atoms in total. The second kappa shape index (κ2) is 7.95. The van der Waals surface area contributed by atoms with Crippen LogP contribution in [0.25, 0.3) is 0 Å². The molecule has 1 heterocycles. The van der Waals surface area contributed by atoms with Crippen LogP contribution < -0.4 is 0 Å². The predicted octanol–water partition coefficient (Wildman–Crippen LogP) is 2.71. The number of unbranched alkanes of at least 4 members (excludes halogenated alkanes) is 2. The Morgan fingerprint density at radius 3 is 2.71 bits per heavy atom. The molecule has 3 atom stereocenters. The number of carbonyl (C=O) groups is 1. The van der Waals surface area contributed by atoms with Gasteiger partial charge in [-0.25, -0.2) is 4.79 Å². The Labute approximate surface area is 133 Å². The zero-order chi connectivity index (χ0) is 16.0.